The van der Waals surface area contributed by atoms with E-state index in [1.165, 1.54) is 13.2 Å². The number of rotatable bonds is 4. The van der Waals surface area contributed by atoms with Gasteiger partial charge in [0, 0.05) is 6.07 Å². The lowest BCUT2D eigenvalue weighted by Crippen LogP contribution is -1.93. The van der Waals surface area contributed by atoms with Gasteiger partial charge >= 0.3 is 0 Å². The Bertz CT molecular complexity index is 1010. The van der Waals surface area contributed by atoms with Gasteiger partial charge in [-0.15, -0.1) is 0 Å². The van der Waals surface area contributed by atoms with Crippen LogP contribution in [0.1, 0.15) is 20.7 Å². The molecule has 0 heterocycles. The second-order valence-corrected chi connectivity index (χ2v) is 5.30. The minimum atomic E-state index is -0.672. The lowest BCUT2D eigenvalue weighted by atomic mass is 10.0. The number of non-ortho nitro benzene ring substituents is 1. The summed E-state index contributed by atoms with van der Waals surface area (Å²) < 4.78 is 4.66. The molecule has 0 aliphatic rings. The SMILES string of the molecule is COc1cc([N+](=O)[O-])cc(C=O)c1O.O=Cc1c(O)ccc2ccccc12. The number of aromatic hydroxyl groups is 2. The fourth-order valence-electron chi connectivity index (χ4n) is 2.37. The van der Waals surface area contributed by atoms with E-state index in [9.17, 15) is 29.9 Å². The van der Waals surface area contributed by atoms with Gasteiger partial charge in [-0.3, -0.25) is 19.7 Å². The third kappa shape index (κ3) is 4.18. The van der Waals surface area contributed by atoms with Gasteiger partial charge < -0.3 is 14.9 Å². The molecule has 0 unspecified atom stereocenters. The molecule has 0 aliphatic heterocycles. The third-order valence-electron chi connectivity index (χ3n) is 3.71. The molecule has 0 aliphatic carbocycles. The normalized spacial score (nSPS) is 9.81. The Labute approximate surface area is 153 Å². The number of ether oxygens (including phenoxy) is 1. The Kier molecular flexibility index (Phi) is 6.06. The highest BCUT2D eigenvalue weighted by atomic mass is 16.6. The second kappa shape index (κ2) is 8.43. The predicted octanol–water partition coefficient (Wildman–Crippen LogP) is 3.48. The number of nitrogens with zero attached hydrogens (tertiary/aromatic N) is 1. The molecule has 3 aromatic carbocycles. The predicted molar refractivity (Wildman–Crippen MR) is 97.7 cm³/mol. The molecule has 27 heavy (non-hydrogen) atoms. The van der Waals surface area contributed by atoms with Gasteiger partial charge in [-0.05, 0) is 16.8 Å². The summed E-state index contributed by atoms with van der Waals surface area (Å²) in [6, 6.07) is 12.8. The van der Waals surface area contributed by atoms with Crippen molar-refractivity contribution in [1.82, 2.24) is 0 Å². The average molecular weight is 369 g/mol. The van der Waals surface area contributed by atoms with E-state index in [0.29, 0.717) is 18.1 Å². The number of nitro groups is 1. The van der Waals surface area contributed by atoms with Gasteiger partial charge in [0.1, 0.15) is 5.75 Å². The van der Waals surface area contributed by atoms with Crippen LogP contribution in [0.15, 0.2) is 48.5 Å². The summed E-state index contributed by atoms with van der Waals surface area (Å²) in [6.07, 6.45) is 1.00. The monoisotopic (exact) mass is 369 g/mol. The lowest BCUT2D eigenvalue weighted by molar-refractivity contribution is -0.385. The molecule has 0 bridgehead atoms. The summed E-state index contributed by atoms with van der Waals surface area (Å²) in [7, 11) is 1.24. The van der Waals surface area contributed by atoms with Gasteiger partial charge in [-0.1, -0.05) is 30.3 Å². The number of nitro benzene ring substituents is 1. The topological polar surface area (TPSA) is 127 Å². The maximum atomic E-state index is 10.7. The molecule has 0 saturated heterocycles. The van der Waals surface area contributed by atoms with Crippen LogP contribution in [0.3, 0.4) is 0 Å². The summed E-state index contributed by atoms with van der Waals surface area (Å²) in [5.41, 5.74) is -0.115. The maximum Gasteiger partial charge on any atom is 0.274 e. The Morgan fingerprint density at radius 1 is 1.04 bits per heavy atom. The van der Waals surface area contributed by atoms with Gasteiger partial charge in [0.2, 0.25) is 0 Å². The highest BCUT2D eigenvalue weighted by Crippen LogP contribution is 2.33. The van der Waals surface area contributed by atoms with Crippen molar-refractivity contribution >= 4 is 29.0 Å². The molecular formula is C19H15NO7. The first-order valence-electron chi connectivity index (χ1n) is 7.59. The molecule has 0 fully saturated rings. The van der Waals surface area contributed by atoms with Crippen molar-refractivity contribution in [3.63, 3.8) is 0 Å². The zero-order chi connectivity index (χ0) is 20.0. The number of hydrogen-bond acceptors (Lipinski definition) is 7. The van der Waals surface area contributed by atoms with Crippen molar-refractivity contribution in [2.75, 3.05) is 7.11 Å². The Morgan fingerprint density at radius 2 is 1.74 bits per heavy atom. The molecular weight excluding hydrogens is 354 g/mol. The van der Waals surface area contributed by atoms with E-state index in [1.54, 1.807) is 6.07 Å². The number of methoxy groups -OCH3 is 1. The minimum Gasteiger partial charge on any atom is -0.507 e. The number of fused-ring (bicyclic) bond motifs is 1. The number of aldehydes is 2. The van der Waals surface area contributed by atoms with Crippen LogP contribution in [-0.2, 0) is 0 Å². The van der Waals surface area contributed by atoms with E-state index in [0.717, 1.165) is 22.9 Å². The molecule has 8 nitrogen and oxygen atoms in total. The van der Waals surface area contributed by atoms with E-state index in [2.05, 4.69) is 4.74 Å². The Hall–Kier alpha value is -3.94. The summed E-state index contributed by atoms with van der Waals surface area (Å²) in [4.78, 5) is 30.8. The summed E-state index contributed by atoms with van der Waals surface area (Å²) in [5, 5.41) is 30.8. The molecule has 0 spiro atoms. The van der Waals surface area contributed by atoms with E-state index in [4.69, 9.17) is 0 Å². The molecule has 2 N–H and O–H groups in total. The maximum absolute atomic E-state index is 10.7. The number of hydrogen-bond donors (Lipinski definition) is 2. The van der Waals surface area contributed by atoms with E-state index < -0.39 is 10.7 Å². The first-order valence-corrected chi connectivity index (χ1v) is 7.59. The van der Waals surface area contributed by atoms with Crippen molar-refractivity contribution in [2.45, 2.75) is 0 Å². The number of benzene rings is 3. The van der Waals surface area contributed by atoms with Crippen LogP contribution >= 0.6 is 0 Å². The molecule has 3 aromatic rings. The molecule has 8 heteroatoms. The van der Waals surface area contributed by atoms with Gasteiger partial charge in [0.05, 0.1) is 29.2 Å². The van der Waals surface area contributed by atoms with Crippen LogP contribution in [-0.4, -0.2) is 34.8 Å². The second-order valence-electron chi connectivity index (χ2n) is 5.30. The zero-order valence-electron chi connectivity index (χ0n) is 14.2. The number of phenols is 2. The third-order valence-corrected chi connectivity index (χ3v) is 3.71. The fourth-order valence-corrected chi connectivity index (χ4v) is 2.37. The van der Waals surface area contributed by atoms with Crippen LogP contribution in [0.25, 0.3) is 10.8 Å². The summed E-state index contributed by atoms with van der Waals surface area (Å²) in [6.45, 7) is 0. The summed E-state index contributed by atoms with van der Waals surface area (Å²) in [5.74, 6) is -0.455. The Balaban J connectivity index is 0.000000194. The number of phenolic OH excluding ortho intramolecular Hbond substituents is 2. The lowest BCUT2D eigenvalue weighted by Gasteiger charge is -2.04. The zero-order valence-corrected chi connectivity index (χ0v) is 14.2. The highest BCUT2D eigenvalue weighted by molar-refractivity contribution is 6.00. The smallest absolute Gasteiger partial charge is 0.274 e. The van der Waals surface area contributed by atoms with Crippen LogP contribution in [0, 0.1) is 10.1 Å². The highest BCUT2D eigenvalue weighted by Gasteiger charge is 2.15. The van der Waals surface area contributed by atoms with Crippen LogP contribution in [0.4, 0.5) is 5.69 Å². The van der Waals surface area contributed by atoms with Crippen molar-refractivity contribution in [3.8, 4) is 17.2 Å². The number of carbonyl (C=O) groups is 2. The molecule has 0 aromatic heterocycles. The van der Waals surface area contributed by atoms with Crippen LogP contribution < -0.4 is 4.74 Å². The standard InChI is InChI=1S/C11H8O2.C8H7NO5/c12-7-10-9-4-2-1-3-8(9)5-6-11(10)13;1-14-7-3-6(9(12)13)2-5(4-10)8(7)11/h1-7,13H;2-4,11H,1H3. The first kappa shape index (κ1) is 19.4. The minimum absolute atomic E-state index is 0.0358. The van der Waals surface area contributed by atoms with Crippen molar-refractivity contribution in [1.29, 1.82) is 0 Å². The van der Waals surface area contributed by atoms with Gasteiger partial charge in [0.15, 0.2) is 24.1 Å². The van der Waals surface area contributed by atoms with Crippen molar-refractivity contribution < 1.29 is 29.5 Å². The largest absolute Gasteiger partial charge is 0.507 e. The molecule has 0 amide bonds. The van der Waals surface area contributed by atoms with Gasteiger partial charge in [0.25, 0.3) is 5.69 Å². The van der Waals surface area contributed by atoms with Gasteiger partial charge in [-0.2, -0.15) is 0 Å². The molecule has 0 atom stereocenters. The Morgan fingerprint density at radius 3 is 2.33 bits per heavy atom. The van der Waals surface area contributed by atoms with E-state index in [-0.39, 0.29) is 22.7 Å². The van der Waals surface area contributed by atoms with E-state index >= 15 is 0 Å². The summed E-state index contributed by atoms with van der Waals surface area (Å²) >= 11 is 0. The van der Waals surface area contributed by atoms with Crippen molar-refractivity contribution in [2.24, 2.45) is 0 Å². The molecule has 0 radical (unpaired) electrons. The fraction of sp³-hybridized carbons (Fsp3) is 0.0526. The number of carbonyl (C=O) groups excluding carboxylic acids is 2. The molecule has 3 rings (SSSR count). The van der Waals surface area contributed by atoms with E-state index in [1.807, 2.05) is 24.3 Å². The van der Waals surface area contributed by atoms with Crippen molar-refractivity contribution in [3.05, 3.63) is 69.8 Å². The first-order chi connectivity index (χ1) is 12.9. The van der Waals surface area contributed by atoms with Crippen LogP contribution in [0.5, 0.6) is 17.2 Å². The van der Waals surface area contributed by atoms with Crippen LogP contribution in [0.2, 0.25) is 0 Å². The molecule has 0 saturated carbocycles. The quantitative estimate of drug-likeness (QED) is 0.409. The van der Waals surface area contributed by atoms with Gasteiger partial charge in [-0.25, -0.2) is 0 Å². The molecule has 138 valence electrons. The average Bonchev–Trinajstić information content (AvgIpc) is 2.68.